The van der Waals surface area contributed by atoms with Crippen LogP contribution in [0.15, 0.2) is 18.2 Å². The van der Waals surface area contributed by atoms with Crippen LogP contribution in [0.1, 0.15) is 72.1 Å². The van der Waals surface area contributed by atoms with Crippen LogP contribution in [0.3, 0.4) is 0 Å². The summed E-state index contributed by atoms with van der Waals surface area (Å²) in [4.78, 5) is 39.1. The number of anilines is 1. The Morgan fingerprint density at radius 3 is 2.48 bits per heavy atom. The van der Waals surface area contributed by atoms with Crippen molar-refractivity contribution in [3.05, 3.63) is 29.3 Å². The molecule has 1 fully saturated rings. The highest BCUT2D eigenvalue weighted by Crippen LogP contribution is 2.32. The largest absolute Gasteiger partial charge is 0.384 e. The Kier molecular flexibility index (Phi) is 7.22. The number of nitrogens with two attached hydrogens (primary N) is 1. The topological polar surface area (TPSA) is 125 Å². The van der Waals surface area contributed by atoms with E-state index in [1.165, 1.54) is 6.42 Å². The van der Waals surface area contributed by atoms with Gasteiger partial charge in [-0.15, -0.1) is 0 Å². The first-order valence-electron chi connectivity index (χ1n) is 10.5. The standard InChI is InChI=1S/C21H30N4O4/c22-12-5-3-1-2-4-6-13-23-15-9-7-8-14-18(15)21(29)25(20(14)28)16-10-11-17(26)24-19(16)27/h7-9,16-17,23,26H,1-6,10-13,22H2,(H,24,27). The van der Waals surface area contributed by atoms with Crippen LogP contribution in [-0.4, -0.2) is 53.1 Å². The summed E-state index contributed by atoms with van der Waals surface area (Å²) in [5.74, 6) is -1.40. The highest BCUT2D eigenvalue weighted by atomic mass is 16.3. The molecule has 3 rings (SSSR count). The van der Waals surface area contributed by atoms with Gasteiger partial charge in [0.15, 0.2) is 0 Å². The van der Waals surface area contributed by atoms with E-state index in [1.807, 2.05) is 0 Å². The lowest BCUT2D eigenvalue weighted by Gasteiger charge is -2.31. The van der Waals surface area contributed by atoms with Crippen molar-refractivity contribution >= 4 is 23.4 Å². The molecule has 2 heterocycles. The van der Waals surface area contributed by atoms with Gasteiger partial charge in [0, 0.05) is 12.2 Å². The second kappa shape index (κ2) is 9.84. The Labute approximate surface area is 170 Å². The maximum Gasteiger partial charge on any atom is 0.264 e. The van der Waals surface area contributed by atoms with Gasteiger partial charge in [-0.2, -0.15) is 0 Å². The first kappa shape index (κ1) is 21.3. The van der Waals surface area contributed by atoms with Crippen LogP contribution in [0, 0.1) is 0 Å². The zero-order chi connectivity index (χ0) is 20.8. The van der Waals surface area contributed by atoms with E-state index in [1.54, 1.807) is 18.2 Å². The third-order valence-corrected chi connectivity index (χ3v) is 5.53. The number of hydrogen-bond donors (Lipinski definition) is 4. The number of aliphatic hydroxyl groups excluding tert-OH is 1. The molecule has 158 valence electrons. The van der Waals surface area contributed by atoms with Gasteiger partial charge in [-0.1, -0.05) is 31.7 Å². The molecule has 5 N–H and O–H groups in total. The third-order valence-electron chi connectivity index (χ3n) is 5.53. The van der Waals surface area contributed by atoms with E-state index in [-0.39, 0.29) is 6.42 Å². The van der Waals surface area contributed by atoms with Crippen molar-refractivity contribution in [3.8, 4) is 0 Å². The number of unbranched alkanes of at least 4 members (excludes halogenated alkanes) is 5. The molecule has 1 aromatic rings. The predicted octanol–water partition coefficient (Wildman–Crippen LogP) is 1.59. The summed E-state index contributed by atoms with van der Waals surface area (Å²) in [5, 5.41) is 15.2. The fraction of sp³-hybridized carbons (Fsp3) is 0.571. The zero-order valence-corrected chi connectivity index (χ0v) is 16.7. The lowest BCUT2D eigenvalue weighted by molar-refractivity contribution is -0.131. The van der Waals surface area contributed by atoms with Crippen molar-refractivity contribution in [1.82, 2.24) is 10.2 Å². The average molecular weight is 402 g/mol. The molecule has 1 aromatic carbocycles. The minimum absolute atomic E-state index is 0.255. The molecule has 0 aliphatic carbocycles. The Hall–Kier alpha value is -2.45. The summed E-state index contributed by atoms with van der Waals surface area (Å²) in [7, 11) is 0. The second-order valence-electron chi connectivity index (χ2n) is 7.66. The van der Waals surface area contributed by atoms with Crippen LogP contribution in [-0.2, 0) is 4.79 Å². The Balaban J connectivity index is 1.60. The molecule has 8 nitrogen and oxygen atoms in total. The lowest BCUT2D eigenvalue weighted by Crippen LogP contribution is -2.55. The number of aliphatic hydroxyl groups is 1. The van der Waals surface area contributed by atoms with Gasteiger partial charge in [-0.25, -0.2) is 0 Å². The van der Waals surface area contributed by atoms with E-state index >= 15 is 0 Å². The minimum atomic E-state index is -0.929. The molecular formula is C21H30N4O4. The van der Waals surface area contributed by atoms with Crippen LogP contribution >= 0.6 is 0 Å². The van der Waals surface area contributed by atoms with Crippen molar-refractivity contribution in [2.75, 3.05) is 18.4 Å². The van der Waals surface area contributed by atoms with Crippen molar-refractivity contribution < 1.29 is 19.5 Å². The van der Waals surface area contributed by atoms with Gasteiger partial charge in [0.2, 0.25) is 5.91 Å². The Morgan fingerprint density at radius 1 is 1.03 bits per heavy atom. The first-order valence-corrected chi connectivity index (χ1v) is 10.5. The van der Waals surface area contributed by atoms with E-state index in [0.29, 0.717) is 29.8 Å². The molecule has 0 bridgehead atoms. The fourth-order valence-electron chi connectivity index (χ4n) is 3.96. The van der Waals surface area contributed by atoms with E-state index in [2.05, 4.69) is 10.6 Å². The van der Waals surface area contributed by atoms with Crippen LogP contribution in [0.5, 0.6) is 0 Å². The molecule has 2 unspecified atom stereocenters. The summed E-state index contributed by atoms with van der Waals surface area (Å²) in [6, 6.07) is 4.27. The van der Waals surface area contributed by atoms with Crippen LogP contribution in [0.25, 0.3) is 0 Å². The Morgan fingerprint density at radius 2 is 1.76 bits per heavy atom. The molecular weight excluding hydrogens is 372 g/mol. The van der Waals surface area contributed by atoms with Gasteiger partial charge in [-0.3, -0.25) is 19.3 Å². The summed E-state index contributed by atoms with van der Waals surface area (Å²) in [6.07, 6.45) is 6.26. The number of nitrogens with zero attached hydrogens (tertiary/aromatic N) is 1. The van der Waals surface area contributed by atoms with Gasteiger partial charge in [0.1, 0.15) is 12.3 Å². The number of benzene rings is 1. The lowest BCUT2D eigenvalue weighted by atomic mass is 10.0. The van der Waals surface area contributed by atoms with Gasteiger partial charge in [-0.05, 0) is 44.4 Å². The van der Waals surface area contributed by atoms with Gasteiger partial charge >= 0.3 is 0 Å². The second-order valence-corrected chi connectivity index (χ2v) is 7.66. The molecule has 0 saturated carbocycles. The molecule has 3 amide bonds. The van der Waals surface area contributed by atoms with Crippen LogP contribution < -0.4 is 16.4 Å². The number of rotatable bonds is 10. The summed E-state index contributed by atoms with van der Waals surface area (Å²) in [5.41, 5.74) is 6.77. The van der Waals surface area contributed by atoms with Gasteiger partial charge in [0.05, 0.1) is 11.1 Å². The number of fused-ring (bicyclic) bond motifs is 1. The number of hydrogen-bond acceptors (Lipinski definition) is 6. The van der Waals surface area contributed by atoms with Crippen molar-refractivity contribution in [2.24, 2.45) is 5.73 Å². The van der Waals surface area contributed by atoms with E-state index in [0.717, 1.165) is 43.5 Å². The maximum atomic E-state index is 13.0. The highest BCUT2D eigenvalue weighted by Gasteiger charge is 2.45. The average Bonchev–Trinajstić information content (AvgIpc) is 2.95. The molecule has 8 heteroatoms. The smallest absolute Gasteiger partial charge is 0.264 e. The predicted molar refractivity (Wildman–Crippen MR) is 109 cm³/mol. The van der Waals surface area contributed by atoms with Crippen LogP contribution in [0.2, 0.25) is 0 Å². The number of carbonyl (C=O) groups is 3. The maximum absolute atomic E-state index is 13.0. The van der Waals surface area contributed by atoms with E-state index in [4.69, 9.17) is 5.73 Å². The van der Waals surface area contributed by atoms with Crippen molar-refractivity contribution in [3.63, 3.8) is 0 Å². The summed E-state index contributed by atoms with van der Waals surface area (Å²) in [6.45, 7) is 1.46. The van der Waals surface area contributed by atoms with Crippen molar-refractivity contribution in [2.45, 2.75) is 63.6 Å². The molecule has 2 atom stereocenters. The molecule has 0 spiro atoms. The molecule has 1 saturated heterocycles. The van der Waals surface area contributed by atoms with Crippen LogP contribution in [0.4, 0.5) is 5.69 Å². The van der Waals surface area contributed by atoms with Gasteiger partial charge < -0.3 is 21.5 Å². The number of imide groups is 1. The third kappa shape index (κ3) is 4.76. The molecule has 2 aliphatic rings. The van der Waals surface area contributed by atoms with E-state index in [9.17, 15) is 19.5 Å². The fourth-order valence-corrected chi connectivity index (χ4v) is 3.96. The van der Waals surface area contributed by atoms with E-state index < -0.39 is 30.0 Å². The molecule has 0 aromatic heterocycles. The zero-order valence-electron chi connectivity index (χ0n) is 16.7. The normalized spacial score (nSPS) is 21.3. The number of piperidine rings is 1. The number of amides is 3. The van der Waals surface area contributed by atoms with Gasteiger partial charge in [0.25, 0.3) is 11.8 Å². The first-order chi connectivity index (χ1) is 14.0. The number of carbonyl (C=O) groups excluding carboxylic acids is 3. The minimum Gasteiger partial charge on any atom is -0.384 e. The molecule has 29 heavy (non-hydrogen) atoms. The highest BCUT2D eigenvalue weighted by molar-refractivity contribution is 6.25. The summed E-state index contributed by atoms with van der Waals surface area (Å²) < 4.78 is 0. The molecule has 2 aliphatic heterocycles. The SMILES string of the molecule is NCCCCCCCCNc1cccc2c1C(=O)N(C1CCC(O)NC1=O)C2=O. The molecule has 0 radical (unpaired) electrons. The quantitative estimate of drug-likeness (QED) is 0.348. The summed E-state index contributed by atoms with van der Waals surface area (Å²) >= 11 is 0. The van der Waals surface area contributed by atoms with Crippen molar-refractivity contribution in [1.29, 1.82) is 0 Å². The monoisotopic (exact) mass is 402 g/mol. The number of nitrogens with one attached hydrogen (secondary N) is 2. The Bertz CT molecular complexity index is 767.